The van der Waals surface area contributed by atoms with E-state index in [4.69, 9.17) is 17.2 Å². The highest BCUT2D eigenvalue weighted by molar-refractivity contribution is 7.80. The number of hydrogen-bond acceptors (Lipinski definition) is 3. The van der Waals surface area contributed by atoms with E-state index in [0.29, 0.717) is 5.84 Å². The first-order valence-electron chi connectivity index (χ1n) is 8.34. The fraction of sp³-hybridized carbons (Fsp3) is 0.211. The van der Waals surface area contributed by atoms with E-state index in [2.05, 4.69) is 15.5 Å². The molecule has 2 aromatic carbocycles. The molecule has 126 valence electrons. The van der Waals surface area contributed by atoms with Gasteiger partial charge >= 0.3 is 6.03 Å². The normalized spacial score (nSPS) is 18.7. The number of benzene rings is 2. The molecule has 2 heterocycles. The summed E-state index contributed by atoms with van der Waals surface area (Å²) in [6, 6.07) is 16.9. The predicted octanol–water partition coefficient (Wildman–Crippen LogP) is 3.69. The monoisotopic (exact) mass is 350 g/mol. The third-order valence-corrected chi connectivity index (χ3v) is 4.93. The molecule has 25 heavy (non-hydrogen) atoms. The highest BCUT2D eigenvalue weighted by Crippen LogP contribution is 2.30. The third-order valence-electron chi connectivity index (χ3n) is 4.48. The van der Waals surface area contributed by atoms with Crippen LogP contribution in [0.2, 0.25) is 0 Å². The second-order valence-electron chi connectivity index (χ2n) is 6.12. The number of thiocarbonyl (C=S) groups is 1. The van der Waals surface area contributed by atoms with Crippen LogP contribution in [0.15, 0.2) is 59.6 Å². The Hall–Kier alpha value is -2.73. The molecule has 2 N–H and O–H groups in total. The largest absolute Gasteiger partial charge is 0.352 e. The summed E-state index contributed by atoms with van der Waals surface area (Å²) in [5, 5.41) is 5.78. The molecule has 0 bridgehead atoms. The number of nitrogens with zero attached hydrogens (tertiary/aromatic N) is 2. The predicted molar refractivity (Wildman–Crippen MR) is 104 cm³/mol. The Morgan fingerprint density at radius 1 is 1.08 bits per heavy atom. The molecule has 1 fully saturated rings. The molecule has 1 unspecified atom stereocenters. The van der Waals surface area contributed by atoms with E-state index in [-0.39, 0.29) is 12.1 Å². The molecular formula is C19H18N4OS. The number of amidine groups is 1. The average Bonchev–Trinajstić information content (AvgIpc) is 3.08. The van der Waals surface area contributed by atoms with Gasteiger partial charge in [0.05, 0.1) is 11.7 Å². The summed E-state index contributed by atoms with van der Waals surface area (Å²) in [6.45, 7) is 0.888. The molecule has 6 heteroatoms. The van der Waals surface area contributed by atoms with Crippen LogP contribution in [0.5, 0.6) is 0 Å². The first-order valence-corrected chi connectivity index (χ1v) is 8.75. The van der Waals surface area contributed by atoms with Crippen LogP contribution in [0.25, 0.3) is 0 Å². The molecule has 0 radical (unpaired) electrons. The molecule has 0 spiro atoms. The Balaban J connectivity index is 1.62. The quantitative estimate of drug-likeness (QED) is 0.771. The number of fused-ring (bicyclic) bond motifs is 2. The van der Waals surface area contributed by atoms with Crippen molar-refractivity contribution in [2.75, 3.05) is 11.9 Å². The van der Waals surface area contributed by atoms with Crippen molar-refractivity contribution in [3.05, 3.63) is 60.2 Å². The van der Waals surface area contributed by atoms with Crippen LogP contribution in [0.4, 0.5) is 16.2 Å². The minimum atomic E-state index is -0.290. The Morgan fingerprint density at radius 3 is 2.68 bits per heavy atom. The van der Waals surface area contributed by atoms with E-state index >= 15 is 0 Å². The maximum absolute atomic E-state index is 12.4. The van der Waals surface area contributed by atoms with E-state index in [0.717, 1.165) is 41.3 Å². The van der Waals surface area contributed by atoms with Gasteiger partial charge in [0.2, 0.25) is 0 Å². The number of urea groups is 1. The van der Waals surface area contributed by atoms with Crippen molar-refractivity contribution in [3.63, 3.8) is 0 Å². The number of para-hydroxylation sites is 2. The second-order valence-corrected chi connectivity index (χ2v) is 6.50. The topological polar surface area (TPSA) is 56.7 Å². The van der Waals surface area contributed by atoms with Gasteiger partial charge in [0.15, 0.2) is 0 Å². The third kappa shape index (κ3) is 3.13. The first kappa shape index (κ1) is 15.8. The van der Waals surface area contributed by atoms with Crippen LogP contribution in [-0.4, -0.2) is 34.3 Å². The summed E-state index contributed by atoms with van der Waals surface area (Å²) in [4.78, 5) is 20.1. The summed E-state index contributed by atoms with van der Waals surface area (Å²) in [5.74, 6) is 0.651. The maximum Gasteiger partial charge on any atom is 0.324 e. The van der Waals surface area contributed by atoms with Crippen molar-refractivity contribution >= 4 is 40.4 Å². The van der Waals surface area contributed by atoms with Crippen LogP contribution in [-0.2, 0) is 0 Å². The van der Waals surface area contributed by atoms with Crippen LogP contribution in [0, 0.1) is 0 Å². The maximum atomic E-state index is 12.4. The van der Waals surface area contributed by atoms with E-state index in [1.165, 1.54) is 0 Å². The highest BCUT2D eigenvalue weighted by Gasteiger charge is 2.35. The van der Waals surface area contributed by atoms with E-state index in [1.807, 2.05) is 54.6 Å². The molecule has 2 aliphatic heterocycles. The molecule has 5 nitrogen and oxygen atoms in total. The van der Waals surface area contributed by atoms with E-state index in [9.17, 15) is 4.79 Å². The number of amides is 2. The van der Waals surface area contributed by atoms with Crippen LogP contribution in [0.1, 0.15) is 18.4 Å². The zero-order chi connectivity index (χ0) is 17.2. The second kappa shape index (κ2) is 6.64. The molecule has 0 aromatic heterocycles. The lowest BCUT2D eigenvalue weighted by Gasteiger charge is -2.26. The number of hydrogen-bond donors (Lipinski definition) is 2. The lowest BCUT2D eigenvalue weighted by molar-refractivity contribution is 0.255. The summed E-state index contributed by atoms with van der Waals surface area (Å²) in [7, 11) is 0. The number of anilines is 1. The Morgan fingerprint density at radius 2 is 1.84 bits per heavy atom. The lowest BCUT2D eigenvalue weighted by Crippen LogP contribution is -2.47. The Labute approximate surface area is 151 Å². The van der Waals surface area contributed by atoms with Gasteiger partial charge in [0, 0.05) is 17.8 Å². The molecule has 1 atom stereocenters. The molecular weight excluding hydrogens is 332 g/mol. The average molecular weight is 350 g/mol. The smallest absolute Gasteiger partial charge is 0.324 e. The fourth-order valence-corrected chi connectivity index (χ4v) is 3.71. The molecule has 2 aromatic rings. The van der Waals surface area contributed by atoms with Gasteiger partial charge in [-0.15, -0.1) is 0 Å². The van der Waals surface area contributed by atoms with E-state index < -0.39 is 0 Å². The van der Waals surface area contributed by atoms with Crippen molar-refractivity contribution in [1.82, 2.24) is 10.2 Å². The van der Waals surface area contributed by atoms with Crippen molar-refractivity contribution < 1.29 is 4.79 Å². The number of carbonyl (C=O) groups is 1. The van der Waals surface area contributed by atoms with Gasteiger partial charge in [-0.25, -0.2) is 9.79 Å². The van der Waals surface area contributed by atoms with Crippen molar-refractivity contribution in [1.29, 1.82) is 0 Å². The zero-order valence-corrected chi connectivity index (χ0v) is 14.4. The number of nitrogens with one attached hydrogen (secondary N) is 2. The first-order chi connectivity index (χ1) is 12.2. The van der Waals surface area contributed by atoms with Gasteiger partial charge in [-0.05, 0) is 37.1 Å². The lowest BCUT2D eigenvalue weighted by atomic mass is 10.1. The summed E-state index contributed by atoms with van der Waals surface area (Å²) < 4.78 is 0. The molecule has 4 rings (SSSR count). The van der Waals surface area contributed by atoms with Gasteiger partial charge < -0.3 is 10.2 Å². The molecule has 0 aliphatic carbocycles. The molecule has 2 aliphatic rings. The summed E-state index contributed by atoms with van der Waals surface area (Å²) in [6.07, 6.45) is 1.96. The van der Waals surface area contributed by atoms with E-state index in [1.54, 1.807) is 0 Å². The van der Waals surface area contributed by atoms with Gasteiger partial charge in [-0.3, -0.25) is 5.32 Å². The Bertz CT molecular complexity index is 850. The molecule has 1 saturated heterocycles. The van der Waals surface area contributed by atoms with Crippen molar-refractivity contribution in [2.45, 2.75) is 18.9 Å². The van der Waals surface area contributed by atoms with Crippen LogP contribution >= 0.6 is 12.2 Å². The fourth-order valence-electron chi connectivity index (χ4n) is 3.32. The standard InChI is InChI=1S/C19H18N4OS/c24-19(20-13-7-2-1-3-8-13)22-17-16-11-6-12-23(16)18(25)14-9-4-5-10-15(14)21-17/h1-5,7-10,16H,6,11-12H2,(H2,20,21,22,24). The van der Waals surface area contributed by atoms with Crippen LogP contribution in [0.3, 0.4) is 0 Å². The summed E-state index contributed by atoms with van der Waals surface area (Å²) in [5.41, 5.74) is 2.50. The van der Waals surface area contributed by atoms with Crippen molar-refractivity contribution in [2.24, 2.45) is 4.99 Å². The van der Waals surface area contributed by atoms with Gasteiger partial charge in [-0.1, -0.05) is 42.5 Å². The minimum absolute atomic E-state index is 0.0152. The summed E-state index contributed by atoms with van der Waals surface area (Å²) >= 11 is 5.68. The Kier molecular flexibility index (Phi) is 4.19. The number of carbonyl (C=O) groups excluding carboxylic acids is 1. The van der Waals surface area contributed by atoms with Gasteiger partial charge in [-0.2, -0.15) is 0 Å². The van der Waals surface area contributed by atoms with Crippen molar-refractivity contribution in [3.8, 4) is 0 Å². The number of rotatable bonds is 1. The van der Waals surface area contributed by atoms with Crippen LogP contribution < -0.4 is 10.6 Å². The van der Waals surface area contributed by atoms with Gasteiger partial charge in [0.1, 0.15) is 10.8 Å². The highest BCUT2D eigenvalue weighted by atomic mass is 32.1. The SMILES string of the molecule is O=C(NC1=Nc2ccccc2C(=S)N2CCCC12)Nc1ccccc1. The van der Waals surface area contributed by atoms with Gasteiger partial charge in [0.25, 0.3) is 0 Å². The molecule has 0 saturated carbocycles. The zero-order valence-electron chi connectivity index (χ0n) is 13.6. The molecule has 2 amide bonds. The minimum Gasteiger partial charge on any atom is -0.352 e. The number of aliphatic imine (C=N–C) groups is 1.